The highest BCUT2D eigenvalue weighted by molar-refractivity contribution is 7.89. The van der Waals surface area contributed by atoms with Gasteiger partial charge < -0.3 is 4.57 Å². The lowest BCUT2D eigenvalue weighted by Gasteiger charge is -2.32. The van der Waals surface area contributed by atoms with Gasteiger partial charge in [-0.25, -0.2) is 8.42 Å². The minimum Gasteiger partial charge on any atom is -0.309 e. The first kappa shape index (κ1) is 16.6. The van der Waals surface area contributed by atoms with Crippen molar-refractivity contribution in [1.82, 2.24) is 19.1 Å². The van der Waals surface area contributed by atoms with E-state index in [1.54, 1.807) is 12.1 Å². The van der Waals surface area contributed by atoms with Gasteiger partial charge in [0.1, 0.15) is 17.7 Å². The van der Waals surface area contributed by atoms with E-state index in [-0.39, 0.29) is 29.0 Å². The zero-order valence-electron chi connectivity index (χ0n) is 13.8. The molecular weight excluding hydrogens is 326 g/mol. The number of nitrogens with zero attached hydrogens (tertiary/aromatic N) is 5. The summed E-state index contributed by atoms with van der Waals surface area (Å²) in [5, 5.41) is 17.6. The summed E-state index contributed by atoms with van der Waals surface area (Å²) < 4.78 is 29.4. The standard InChI is InChI=1S/C16H19N5O2S/c1-11(2)16-19-18-15-10-20(9-12(3)21(15)16)24(22,23)14-7-5-4-6-13(14)8-17/h4-7,11-12H,9-10H2,1-3H3/t12-/m0/s1. The van der Waals surface area contributed by atoms with Gasteiger partial charge >= 0.3 is 0 Å². The number of hydrogen-bond acceptors (Lipinski definition) is 5. The molecule has 0 fully saturated rings. The molecule has 0 saturated heterocycles. The van der Waals surface area contributed by atoms with Crippen molar-refractivity contribution in [3.05, 3.63) is 41.5 Å². The van der Waals surface area contributed by atoms with Crippen molar-refractivity contribution in [2.24, 2.45) is 0 Å². The molecule has 3 rings (SSSR count). The molecule has 1 atom stereocenters. The van der Waals surface area contributed by atoms with Gasteiger partial charge in [0, 0.05) is 18.5 Å². The van der Waals surface area contributed by atoms with E-state index >= 15 is 0 Å². The molecule has 0 radical (unpaired) electrons. The van der Waals surface area contributed by atoms with Crippen LogP contribution in [0.1, 0.15) is 49.9 Å². The third-order valence-electron chi connectivity index (χ3n) is 4.16. The Morgan fingerprint density at radius 3 is 2.67 bits per heavy atom. The van der Waals surface area contributed by atoms with Crippen molar-refractivity contribution in [2.45, 2.75) is 44.2 Å². The number of hydrogen-bond donors (Lipinski definition) is 0. The zero-order valence-corrected chi connectivity index (χ0v) is 14.7. The molecule has 1 aromatic carbocycles. The summed E-state index contributed by atoms with van der Waals surface area (Å²) in [5.41, 5.74) is 0.153. The molecule has 0 unspecified atom stereocenters. The highest BCUT2D eigenvalue weighted by Crippen LogP contribution is 2.29. The molecule has 8 heteroatoms. The second kappa shape index (κ2) is 6.00. The first-order chi connectivity index (χ1) is 11.4. The van der Waals surface area contributed by atoms with Gasteiger partial charge in [0.05, 0.1) is 17.0 Å². The van der Waals surface area contributed by atoms with E-state index in [1.807, 2.05) is 31.4 Å². The lowest BCUT2D eigenvalue weighted by atomic mass is 10.1. The normalized spacial score (nSPS) is 18.4. The SMILES string of the molecule is CC(C)c1nnc2n1[C@@H](C)CN(S(=O)(=O)c1ccccc1C#N)C2. The predicted molar refractivity (Wildman–Crippen MR) is 87.6 cm³/mol. The number of aromatic nitrogens is 3. The number of sulfonamides is 1. The van der Waals surface area contributed by atoms with Gasteiger partial charge in [0.25, 0.3) is 0 Å². The first-order valence-corrected chi connectivity index (χ1v) is 9.23. The maximum atomic E-state index is 13.0. The van der Waals surface area contributed by atoms with Crippen LogP contribution in [0.2, 0.25) is 0 Å². The van der Waals surface area contributed by atoms with Gasteiger partial charge in [-0.05, 0) is 19.1 Å². The highest BCUT2D eigenvalue weighted by Gasteiger charge is 2.35. The molecule has 1 aromatic heterocycles. The van der Waals surface area contributed by atoms with E-state index in [9.17, 15) is 13.7 Å². The van der Waals surface area contributed by atoms with E-state index in [0.29, 0.717) is 12.4 Å². The Labute approximate surface area is 141 Å². The predicted octanol–water partition coefficient (Wildman–Crippen LogP) is 2.04. The van der Waals surface area contributed by atoms with Gasteiger partial charge in [-0.1, -0.05) is 26.0 Å². The van der Waals surface area contributed by atoms with Crippen LogP contribution in [0.25, 0.3) is 0 Å². The lowest BCUT2D eigenvalue weighted by Crippen LogP contribution is -2.41. The van der Waals surface area contributed by atoms with Crippen LogP contribution in [0.5, 0.6) is 0 Å². The summed E-state index contributed by atoms with van der Waals surface area (Å²) >= 11 is 0. The summed E-state index contributed by atoms with van der Waals surface area (Å²) in [6, 6.07) is 8.15. The molecule has 24 heavy (non-hydrogen) atoms. The maximum Gasteiger partial charge on any atom is 0.244 e. The molecule has 1 aliphatic heterocycles. The smallest absolute Gasteiger partial charge is 0.244 e. The third-order valence-corrected chi connectivity index (χ3v) is 6.03. The Kier molecular flexibility index (Phi) is 4.15. The van der Waals surface area contributed by atoms with Crippen LogP contribution < -0.4 is 0 Å². The summed E-state index contributed by atoms with van der Waals surface area (Å²) in [4.78, 5) is 0.0387. The van der Waals surface area contributed by atoms with E-state index in [1.165, 1.54) is 16.4 Å². The average molecular weight is 345 g/mol. The van der Waals surface area contributed by atoms with Gasteiger partial charge in [-0.3, -0.25) is 0 Å². The van der Waals surface area contributed by atoms with Crippen LogP contribution >= 0.6 is 0 Å². The van der Waals surface area contributed by atoms with E-state index < -0.39 is 10.0 Å². The Hall–Kier alpha value is -2.24. The monoisotopic (exact) mass is 345 g/mol. The van der Waals surface area contributed by atoms with Crippen molar-refractivity contribution in [2.75, 3.05) is 6.54 Å². The molecule has 0 N–H and O–H groups in total. The molecule has 0 aliphatic carbocycles. The summed E-state index contributed by atoms with van der Waals surface area (Å²) in [6.45, 7) is 6.52. The molecular formula is C16H19N5O2S. The van der Waals surface area contributed by atoms with Crippen LogP contribution in [0, 0.1) is 11.3 Å². The van der Waals surface area contributed by atoms with Gasteiger partial charge in [-0.15, -0.1) is 10.2 Å². The van der Waals surface area contributed by atoms with E-state index in [0.717, 1.165) is 5.82 Å². The van der Waals surface area contributed by atoms with Crippen molar-refractivity contribution in [3.8, 4) is 6.07 Å². The van der Waals surface area contributed by atoms with Gasteiger partial charge in [0.15, 0.2) is 0 Å². The molecule has 0 bridgehead atoms. The van der Waals surface area contributed by atoms with Crippen LogP contribution in [0.15, 0.2) is 29.2 Å². The van der Waals surface area contributed by atoms with Crippen LogP contribution in [-0.2, 0) is 16.6 Å². The molecule has 0 saturated carbocycles. The Balaban J connectivity index is 2.01. The number of fused-ring (bicyclic) bond motifs is 1. The lowest BCUT2D eigenvalue weighted by molar-refractivity contribution is 0.285. The number of nitriles is 1. The van der Waals surface area contributed by atoms with Gasteiger partial charge in [0.2, 0.25) is 10.0 Å². The van der Waals surface area contributed by atoms with E-state index in [2.05, 4.69) is 10.2 Å². The summed E-state index contributed by atoms with van der Waals surface area (Å²) in [6.07, 6.45) is 0. The second-order valence-electron chi connectivity index (χ2n) is 6.25. The molecule has 126 valence electrons. The fourth-order valence-electron chi connectivity index (χ4n) is 3.02. The molecule has 1 aliphatic rings. The van der Waals surface area contributed by atoms with Gasteiger partial charge in [-0.2, -0.15) is 9.57 Å². The quantitative estimate of drug-likeness (QED) is 0.849. The molecule has 2 aromatic rings. The summed E-state index contributed by atoms with van der Waals surface area (Å²) in [7, 11) is -3.76. The van der Waals surface area contributed by atoms with Crippen molar-refractivity contribution in [1.29, 1.82) is 5.26 Å². The Bertz CT molecular complexity index is 911. The first-order valence-electron chi connectivity index (χ1n) is 7.79. The zero-order chi connectivity index (χ0) is 17.5. The summed E-state index contributed by atoms with van der Waals surface area (Å²) in [5.74, 6) is 1.72. The third kappa shape index (κ3) is 2.60. The molecule has 0 amide bonds. The largest absolute Gasteiger partial charge is 0.309 e. The number of rotatable bonds is 3. The highest BCUT2D eigenvalue weighted by atomic mass is 32.2. The fraction of sp³-hybridized carbons (Fsp3) is 0.438. The van der Waals surface area contributed by atoms with Crippen molar-refractivity contribution >= 4 is 10.0 Å². The molecule has 2 heterocycles. The van der Waals surface area contributed by atoms with Crippen LogP contribution in [0.4, 0.5) is 0 Å². The second-order valence-corrected chi connectivity index (χ2v) is 8.16. The minimum atomic E-state index is -3.76. The Morgan fingerprint density at radius 2 is 2.00 bits per heavy atom. The van der Waals surface area contributed by atoms with Crippen molar-refractivity contribution in [3.63, 3.8) is 0 Å². The molecule has 7 nitrogen and oxygen atoms in total. The minimum absolute atomic E-state index is 0.0387. The number of benzene rings is 1. The Morgan fingerprint density at radius 1 is 1.29 bits per heavy atom. The van der Waals surface area contributed by atoms with Crippen molar-refractivity contribution < 1.29 is 8.42 Å². The average Bonchev–Trinajstić information content (AvgIpc) is 2.99. The van der Waals surface area contributed by atoms with E-state index in [4.69, 9.17) is 0 Å². The maximum absolute atomic E-state index is 13.0. The fourth-order valence-corrected chi connectivity index (χ4v) is 4.64. The van der Waals surface area contributed by atoms with Crippen LogP contribution in [0.3, 0.4) is 0 Å². The van der Waals surface area contributed by atoms with Crippen LogP contribution in [-0.4, -0.2) is 34.0 Å². The molecule has 0 spiro atoms. The topological polar surface area (TPSA) is 91.9 Å².